The van der Waals surface area contributed by atoms with Gasteiger partial charge in [0.15, 0.2) is 0 Å². The lowest BCUT2D eigenvalue weighted by Gasteiger charge is -2.21. The Labute approximate surface area is 171 Å². The highest BCUT2D eigenvalue weighted by Gasteiger charge is 2.28. The fourth-order valence-electron chi connectivity index (χ4n) is 4.22. The summed E-state index contributed by atoms with van der Waals surface area (Å²) >= 11 is 0. The van der Waals surface area contributed by atoms with Crippen molar-refractivity contribution in [3.8, 4) is 17.5 Å². The Hall–Kier alpha value is -2.75. The zero-order valence-electron chi connectivity index (χ0n) is 17.3. The Morgan fingerprint density at radius 1 is 1.31 bits per heavy atom. The van der Waals surface area contributed by atoms with E-state index in [1.54, 1.807) is 6.08 Å². The number of fused-ring (bicyclic) bond motifs is 1. The molecule has 2 aliphatic rings. The van der Waals surface area contributed by atoms with E-state index in [4.69, 9.17) is 9.26 Å². The highest BCUT2D eigenvalue weighted by Crippen LogP contribution is 2.39. The summed E-state index contributed by atoms with van der Waals surface area (Å²) < 4.78 is 11.4. The molecular formula is C23H26N4O2. The molecule has 150 valence electrons. The van der Waals surface area contributed by atoms with Crippen molar-refractivity contribution in [2.75, 3.05) is 14.1 Å². The summed E-state index contributed by atoms with van der Waals surface area (Å²) in [6, 6.07) is 8.99. The zero-order chi connectivity index (χ0) is 20.5. The summed E-state index contributed by atoms with van der Waals surface area (Å²) in [7, 11) is 4.23. The van der Waals surface area contributed by atoms with Gasteiger partial charge in [0.1, 0.15) is 0 Å². The van der Waals surface area contributed by atoms with E-state index in [1.165, 1.54) is 11.1 Å². The number of hydrogen-bond donors (Lipinski definition) is 0. The predicted molar refractivity (Wildman–Crippen MR) is 111 cm³/mol. The topological polar surface area (TPSA) is 75.2 Å². The monoisotopic (exact) mass is 390 g/mol. The molecule has 0 aliphatic heterocycles. The van der Waals surface area contributed by atoms with Crippen molar-refractivity contribution in [1.29, 1.82) is 5.26 Å². The second-order valence-corrected chi connectivity index (χ2v) is 8.09. The quantitative estimate of drug-likeness (QED) is 0.757. The van der Waals surface area contributed by atoms with E-state index in [-0.39, 0.29) is 12.2 Å². The average Bonchev–Trinajstić information content (AvgIpc) is 3.35. The van der Waals surface area contributed by atoms with Gasteiger partial charge in [0.2, 0.25) is 5.82 Å². The minimum atomic E-state index is -0.216. The lowest BCUT2D eigenvalue weighted by atomic mass is 9.97. The van der Waals surface area contributed by atoms with E-state index in [0.29, 0.717) is 29.8 Å². The molecule has 2 unspecified atom stereocenters. The van der Waals surface area contributed by atoms with Crippen molar-refractivity contribution in [2.45, 2.75) is 51.4 Å². The molecule has 4 rings (SSSR count). The Bertz CT molecular complexity index is 1010. The van der Waals surface area contributed by atoms with Crippen molar-refractivity contribution in [3.05, 3.63) is 52.9 Å². The number of hydrogen-bond acceptors (Lipinski definition) is 6. The molecule has 1 aromatic carbocycles. The van der Waals surface area contributed by atoms with E-state index >= 15 is 0 Å². The number of nitrogens with zero attached hydrogens (tertiary/aromatic N) is 4. The van der Waals surface area contributed by atoms with Gasteiger partial charge in [-0.15, -0.1) is 0 Å². The van der Waals surface area contributed by atoms with Gasteiger partial charge in [-0.1, -0.05) is 29.4 Å². The van der Waals surface area contributed by atoms with Crippen LogP contribution >= 0.6 is 0 Å². The molecule has 0 radical (unpaired) electrons. The lowest BCUT2D eigenvalue weighted by molar-refractivity contribution is 0.0327. The minimum absolute atomic E-state index is 0.0628. The van der Waals surface area contributed by atoms with Gasteiger partial charge >= 0.3 is 0 Å². The molecule has 2 atom stereocenters. The number of rotatable bonds is 5. The van der Waals surface area contributed by atoms with E-state index in [1.807, 2.05) is 19.9 Å². The van der Waals surface area contributed by atoms with Crippen LogP contribution in [0, 0.1) is 11.3 Å². The molecule has 2 aromatic rings. The van der Waals surface area contributed by atoms with Crippen molar-refractivity contribution in [3.63, 3.8) is 0 Å². The van der Waals surface area contributed by atoms with Gasteiger partial charge in [0.05, 0.1) is 23.9 Å². The third-order valence-electron chi connectivity index (χ3n) is 5.55. The van der Waals surface area contributed by atoms with Crippen molar-refractivity contribution < 1.29 is 9.26 Å². The zero-order valence-corrected chi connectivity index (χ0v) is 17.3. The Kier molecular flexibility index (Phi) is 5.35. The van der Waals surface area contributed by atoms with E-state index in [2.05, 4.69) is 53.4 Å². The summed E-state index contributed by atoms with van der Waals surface area (Å²) in [4.78, 5) is 6.91. The van der Waals surface area contributed by atoms with Gasteiger partial charge < -0.3 is 14.2 Å². The molecule has 0 bridgehead atoms. The molecule has 0 spiro atoms. The first-order valence-electron chi connectivity index (χ1n) is 10.1. The van der Waals surface area contributed by atoms with Gasteiger partial charge in [-0.25, -0.2) is 0 Å². The minimum Gasteiger partial charge on any atom is -0.370 e. The molecule has 1 aromatic heterocycles. The van der Waals surface area contributed by atoms with Gasteiger partial charge in [-0.2, -0.15) is 10.2 Å². The highest BCUT2D eigenvalue weighted by molar-refractivity contribution is 5.74. The lowest BCUT2D eigenvalue weighted by Crippen LogP contribution is -2.21. The largest absolute Gasteiger partial charge is 0.370 e. The summed E-state index contributed by atoms with van der Waals surface area (Å²) in [6.45, 7) is 3.94. The smallest absolute Gasteiger partial charge is 0.257 e. The van der Waals surface area contributed by atoms with Crippen LogP contribution in [0.2, 0.25) is 0 Å². The number of benzene rings is 1. The summed E-state index contributed by atoms with van der Waals surface area (Å²) in [6.07, 6.45) is 6.37. The van der Waals surface area contributed by atoms with E-state index < -0.39 is 0 Å². The maximum absolute atomic E-state index is 9.50. The maximum Gasteiger partial charge on any atom is 0.257 e. The third kappa shape index (κ3) is 3.76. The number of aromatic nitrogens is 2. The molecule has 2 aliphatic carbocycles. The summed E-state index contributed by atoms with van der Waals surface area (Å²) in [5, 5.41) is 13.7. The molecule has 1 heterocycles. The predicted octanol–water partition coefficient (Wildman–Crippen LogP) is 4.32. The number of ether oxygens (including phenoxy) is 1. The molecule has 0 saturated heterocycles. The fourth-order valence-corrected chi connectivity index (χ4v) is 4.22. The maximum atomic E-state index is 9.50. The van der Waals surface area contributed by atoms with Crippen LogP contribution in [0.25, 0.3) is 17.0 Å². The van der Waals surface area contributed by atoms with E-state index in [9.17, 15) is 5.26 Å². The SMILES string of the molecule is CC(C)OC1CC=C(c2nc(-c3cccc4c3CCC4N(C)C)no2)C=C1C#N. The third-order valence-corrected chi connectivity index (χ3v) is 5.55. The van der Waals surface area contributed by atoms with Crippen molar-refractivity contribution in [1.82, 2.24) is 15.0 Å². The molecule has 0 fully saturated rings. The average molecular weight is 390 g/mol. The van der Waals surface area contributed by atoms with Crippen molar-refractivity contribution in [2.24, 2.45) is 0 Å². The molecule has 6 heteroatoms. The van der Waals surface area contributed by atoms with Crippen LogP contribution in [0.15, 0.2) is 40.4 Å². The van der Waals surface area contributed by atoms with Crippen molar-refractivity contribution >= 4 is 5.57 Å². The summed E-state index contributed by atoms with van der Waals surface area (Å²) in [5.74, 6) is 1.04. The standard InChI is InChI=1S/C23H26N4O2/c1-14(2)28-21-11-8-15(12-16(21)13-24)23-25-22(26-29-23)19-7-5-6-18-17(19)9-10-20(18)27(3)4/h5-8,12,14,20-21H,9-11H2,1-4H3. The van der Waals surface area contributed by atoms with Crippen LogP contribution < -0.4 is 0 Å². The van der Waals surface area contributed by atoms with Crippen LogP contribution in [0.3, 0.4) is 0 Å². The Morgan fingerprint density at radius 3 is 2.86 bits per heavy atom. The Morgan fingerprint density at radius 2 is 2.14 bits per heavy atom. The highest BCUT2D eigenvalue weighted by atomic mass is 16.5. The normalized spacial score (nSPS) is 21.1. The van der Waals surface area contributed by atoms with Crippen LogP contribution in [-0.4, -0.2) is 41.3 Å². The van der Waals surface area contributed by atoms with Gasteiger partial charge in [0, 0.05) is 17.2 Å². The molecule has 29 heavy (non-hydrogen) atoms. The number of allylic oxidation sites excluding steroid dienone is 2. The van der Waals surface area contributed by atoms with Crippen LogP contribution in [0.5, 0.6) is 0 Å². The van der Waals surface area contributed by atoms with Gasteiger partial charge in [-0.05, 0) is 64.4 Å². The van der Waals surface area contributed by atoms with Crippen LogP contribution in [-0.2, 0) is 11.2 Å². The Balaban J connectivity index is 1.62. The molecular weight excluding hydrogens is 364 g/mol. The van der Waals surface area contributed by atoms with E-state index in [0.717, 1.165) is 24.0 Å². The van der Waals surface area contributed by atoms with Gasteiger partial charge in [0.25, 0.3) is 5.89 Å². The molecule has 6 nitrogen and oxygen atoms in total. The second-order valence-electron chi connectivity index (χ2n) is 8.09. The fraction of sp³-hybridized carbons (Fsp3) is 0.435. The van der Waals surface area contributed by atoms with Gasteiger partial charge in [-0.3, -0.25) is 0 Å². The first-order valence-corrected chi connectivity index (χ1v) is 10.1. The van der Waals surface area contributed by atoms with Crippen LogP contribution in [0.4, 0.5) is 0 Å². The molecule has 0 amide bonds. The first kappa shape index (κ1) is 19.6. The molecule has 0 saturated carbocycles. The first-order chi connectivity index (χ1) is 14.0. The second kappa shape index (κ2) is 7.94. The molecule has 0 N–H and O–H groups in total. The number of nitriles is 1. The summed E-state index contributed by atoms with van der Waals surface area (Å²) in [5.41, 5.74) is 5.04. The van der Waals surface area contributed by atoms with Crippen LogP contribution in [0.1, 0.15) is 49.7 Å².